The standard InChI is InChI=1S/C4H5N3O2/c5-1-3-2-7(3)6-4(8)9/h3,6H,2H2,(H,8,9). The summed E-state index contributed by atoms with van der Waals surface area (Å²) in [5, 5.41) is 17.6. The number of amides is 1. The fourth-order valence-electron chi connectivity index (χ4n) is 0.496. The van der Waals surface area contributed by atoms with Gasteiger partial charge in [0.15, 0.2) is 0 Å². The zero-order valence-electron chi connectivity index (χ0n) is 4.53. The van der Waals surface area contributed by atoms with Gasteiger partial charge in [0.05, 0.1) is 12.6 Å². The smallest absolute Gasteiger partial charge is 0.419 e. The Kier molecular flexibility index (Phi) is 1.24. The first-order chi connectivity index (χ1) is 4.24. The van der Waals surface area contributed by atoms with Gasteiger partial charge in [-0.3, -0.25) is 5.43 Å². The predicted octanol–water partition coefficient (Wildman–Crippen LogP) is -0.623. The molecular formula is C4H5N3O2. The summed E-state index contributed by atoms with van der Waals surface area (Å²) in [5.74, 6) is 0. The molecule has 0 aromatic heterocycles. The van der Waals surface area contributed by atoms with Gasteiger partial charge >= 0.3 is 6.09 Å². The lowest BCUT2D eigenvalue weighted by molar-refractivity contribution is 0.177. The second-order valence-corrected chi connectivity index (χ2v) is 1.71. The highest BCUT2D eigenvalue weighted by Gasteiger charge is 2.35. The van der Waals surface area contributed by atoms with Crippen molar-refractivity contribution in [3.63, 3.8) is 0 Å². The fourth-order valence-corrected chi connectivity index (χ4v) is 0.496. The van der Waals surface area contributed by atoms with Crippen LogP contribution in [0.2, 0.25) is 0 Å². The lowest BCUT2D eigenvalue weighted by Gasteiger charge is -1.95. The minimum Gasteiger partial charge on any atom is -0.464 e. The van der Waals surface area contributed by atoms with Crippen LogP contribution in [-0.4, -0.2) is 28.8 Å². The highest BCUT2D eigenvalue weighted by Crippen LogP contribution is 2.10. The van der Waals surface area contributed by atoms with E-state index >= 15 is 0 Å². The Morgan fingerprint density at radius 3 is 3.00 bits per heavy atom. The highest BCUT2D eigenvalue weighted by atomic mass is 16.4. The van der Waals surface area contributed by atoms with Crippen molar-refractivity contribution in [3.8, 4) is 6.07 Å². The first-order valence-corrected chi connectivity index (χ1v) is 2.40. The van der Waals surface area contributed by atoms with Crippen molar-refractivity contribution in [1.29, 1.82) is 5.26 Å². The normalized spacial score (nSPS) is 30.6. The molecule has 1 aliphatic rings. The summed E-state index contributed by atoms with van der Waals surface area (Å²) in [7, 11) is 0. The van der Waals surface area contributed by atoms with Crippen LogP contribution in [0.3, 0.4) is 0 Å². The summed E-state index contributed by atoms with van der Waals surface area (Å²) in [6.45, 7) is 0.503. The van der Waals surface area contributed by atoms with Crippen molar-refractivity contribution < 1.29 is 9.90 Å². The number of carbonyl (C=O) groups is 1. The van der Waals surface area contributed by atoms with Crippen molar-refractivity contribution >= 4 is 6.09 Å². The first-order valence-electron chi connectivity index (χ1n) is 2.40. The third kappa shape index (κ3) is 1.30. The van der Waals surface area contributed by atoms with Crippen LogP contribution in [0.1, 0.15) is 0 Å². The first kappa shape index (κ1) is 5.85. The molecule has 0 saturated carbocycles. The zero-order valence-corrected chi connectivity index (χ0v) is 4.53. The van der Waals surface area contributed by atoms with E-state index < -0.39 is 6.09 Å². The molecule has 5 heteroatoms. The van der Waals surface area contributed by atoms with Crippen LogP contribution >= 0.6 is 0 Å². The van der Waals surface area contributed by atoms with E-state index in [-0.39, 0.29) is 6.04 Å². The molecule has 0 spiro atoms. The van der Waals surface area contributed by atoms with Gasteiger partial charge in [0, 0.05) is 0 Å². The number of rotatable bonds is 1. The van der Waals surface area contributed by atoms with Gasteiger partial charge in [0.2, 0.25) is 0 Å². The topological polar surface area (TPSA) is 76.1 Å². The van der Waals surface area contributed by atoms with Gasteiger partial charge in [-0.25, -0.2) is 4.79 Å². The molecule has 48 valence electrons. The van der Waals surface area contributed by atoms with Crippen LogP contribution in [0.4, 0.5) is 4.79 Å². The van der Waals surface area contributed by atoms with E-state index in [1.165, 1.54) is 5.01 Å². The third-order valence-electron chi connectivity index (χ3n) is 1.00. The maximum absolute atomic E-state index is 9.85. The van der Waals surface area contributed by atoms with Crippen LogP contribution < -0.4 is 5.43 Å². The number of nitriles is 1. The second-order valence-electron chi connectivity index (χ2n) is 1.71. The second kappa shape index (κ2) is 1.91. The molecule has 0 bridgehead atoms. The lowest BCUT2D eigenvalue weighted by atomic mass is 10.6. The molecule has 1 amide bonds. The van der Waals surface area contributed by atoms with E-state index in [0.29, 0.717) is 6.54 Å². The minimum atomic E-state index is -1.12. The highest BCUT2D eigenvalue weighted by molar-refractivity contribution is 5.64. The van der Waals surface area contributed by atoms with Crippen LogP contribution in [-0.2, 0) is 0 Å². The molecule has 1 fully saturated rings. The number of hydrogen-bond donors (Lipinski definition) is 2. The fraction of sp³-hybridized carbons (Fsp3) is 0.500. The Hall–Kier alpha value is -1.28. The van der Waals surface area contributed by atoms with Gasteiger partial charge in [0.25, 0.3) is 0 Å². The molecule has 2 N–H and O–H groups in total. The van der Waals surface area contributed by atoms with Crippen molar-refractivity contribution in [2.45, 2.75) is 6.04 Å². The molecule has 2 atom stereocenters. The summed E-state index contributed by atoms with van der Waals surface area (Å²) in [4.78, 5) is 9.85. The molecule has 1 heterocycles. The summed E-state index contributed by atoms with van der Waals surface area (Å²) in [6.07, 6.45) is -1.12. The largest absolute Gasteiger partial charge is 0.464 e. The van der Waals surface area contributed by atoms with Gasteiger partial charge in [0.1, 0.15) is 6.04 Å². The van der Waals surface area contributed by atoms with Gasteiger partial charge in [-0.2, -0.15) is 10.3 Å². The zero-order chi connectivity index (χ0) is 6.85. The molecule has 5 nitrogen and oxygen atoms in total. The lowest BCUT2D eigenvalue weighted by Crippen LogP contribution is -2.28. The molecule has 2 unspecified atom stereocenters. The molecule has 9 heavy (non-hydrogen) atoms. The average molecular weight is 127 g/mol. The third-order valence-corrected chi connectivity index (χ3v) is 1.00. The molecule has 0 radical (unpaired) electrons. The van der Waals surface area contributed by atoms with E-state index in [1.807, 2.05) is 11.5 Å². The van der Waals surface area contributed by atoms with E-state index in [9.17, 15) is 4.79 Å². The number of carboxylic acid groups (broad SMARTS) is 1. The van der Waals surface area contributed by atoms with Crippen molar-refractivity contribution in [2.24, 2.45) is 0 Å². The Morgan fingerprint density at radius 2 is 2.67 bits per heavy atom. The van der Waals surface area contributed by atoms with Gasteiger partial charge in [-0.05, 0) is 0 Å². The van der Waals surface area contributed by atoms with Gasteiger partial charge < -0.3 is 5.11 Å². The predicted molar refractivity (Wildman–Crippen MR) is 27.3 cm³/mol. The van der Waals surface area contributed by atoms with E-state index in [4.69, 9.17) is 10.4 Å². The van der Waals surface area contributed by atoms with Gasteiger partial charge in [-0.15, -0.1) is 0 Å². The Labute approximate surface area is 51.5 Å². The number of nitrogens with one attached hydrogen (secondary N) is 1. The number of hydrogen-bond acceptors (Lipinski definition) is 3. The van der Waals surface area contributed by atoms with Gasteiger partial charge in [-0.1, -0.05) is 0 Å². The summed E-state index contributed by atoms with van der Waals surface area (Å²) in [5.41, 5.74) is 2.05. The van der Waals surface area contributed by atoms with Crippen molar-refractivity contribution in [3.05, 3.63) is 0 Å². The molecule has 1 aliphatic heterocycles. The molecular weight excluding hydrogens is 122 g/mol. The summed E-state index contributed by atoms with van der Waals surface area (Å²) < 4.78 is 0. The molecule has 0 aromatic rings. The Morgan fingerprint density at radius 1 is 2.00 bits per heavy atom. The molecule has 0 aliphatic carbocycles. The Bertz CT molecular complexity index is 173. The summed E-state index contributed by atoms with van der Waals surface area (Å²) in [6, 6.07) is 1.65. The average Bonchev–Trinajstić information content (AvgIpc) is 2.45. The molecule has 1 saturated heterocycles. The maximum atomic E-state index is 9.85. The molecule has 0 aromatic carbocycles. The van der Waals surface area contributed by atoms with E-state index in [0.717, 1.165) is 0 Å². The van der Waals surface area contributed by atoms with Crippen molar-refractivity contribution in [2.75, 3.05) is 6.54 Å². The van der Waals surface area contributed by atoms with E-state index in [1.54, 1.807) is 0 Å². The minimum absolute atomic E-state index is 0.249. The molecule has 1 rings (SSSR count). The van der Waals surface area contributed by atoms with Crippen molar-refractivity contribution in [1.82, 2.24) is 10.4 Å². The summed E-state index contributed by atoms with van der Waals surface area (Å²) >= 11 is 0. The maximum Gasteiger partial charge on any atom is 0.419 e. The van der Waals surface area contributed by atoms with Crippen LogP contribution in [0.25, 0.3) is 0 Å². The Balaban J connectivity index is 2.22. The van der Waals surface area contributed by atoms with Crippen LogP contribution in [0.5, 0.6) is 0 Å². The van der Waals surface area contributed by atoms with Crippen LogP contribution in [0.15, 0.2) is 0 Å². The quantitative estimate of drug-likeness (QED) is 0.460. The van der Waals surface area contributed by atoms with E-state index in [2.05, 4.69) is 0 Å². The monoisotopic (exact) mass is 127 g/mol. The van der Waals surface area contributed by atoms with Crippen LogP contribution in [0, 0.1) is 11.3 Å². The number of nitrogens with zero attached hydrogens (tertiary/aromatic N) is 2. The number of hydrazine groups is 1. The SMILES string of the molecule is N#CC1CN1NC(=O)O.